The lowest BCUT2D eigenvalue weighted by atomic mass is 9.63. The number of allylic oxidation sites excluding steroid dienone is 10. The topological polar surface area (TPSA) is 56.3 Å². The summed E-state index contributed by atoms with van der Waals surface area (Å²) >= 11 is 0. The van der Waals surface area contributed by atoms with Gasteiger partial charge in [0.1, 0.15) is 0 Å². The van der Waals surface area contributed by atoms with Gasteiger partial charge in [0.25, 0.3) is 11.4 Å². The Balaban J connectivity index is 1.15. The van der Waals surface area contributed by atoms with Crippen LogP contribution in [0.15, 0.2) is 81.3 Å². The molecule has 4 nitrogen and oxygen atoms in total. The molecule has 0 atom stereocenters. The number of rotatable bonds is 2. The first-order valence-electron chi connectivity index (χ1n) is 21.7. The molecule has 3 fully saturated rings. The van der Waals surface area contributed by atoms with Gasteiger partial charge in [0.15, 0.2) is 0 Å². The van der Waals surface area contributed by atoms with Crippen molar-refractivity contribution in [3.8, 4) is 23.3 Å². The third-order valence-electron chi connectivity index (χ3n) is 15.7. The minimum Gasteiger partial charge on any atom is -0.226 e. The summed E-state index contributed by atoms with van der Waals surface area (Å²) in [6.45, 7) is 15.4. The molecule has 8 aliphatic carbocycles. The summed E-state index contributed by atoms with van der Waals surface area (Å²) in [4.78, 5) is 7.25. The van der Waals surface area contributed by atoms with Crippen LogP contribution >= 0.6 is 0 Å². The van der Waals surface area contributed by atoms with Gasteiger partial charge >= 0.3 is 0 Å². The van der Waals surface area contributed by atoms with E-state index in [0.717, 1.165) is 49.7 Å². The second kappa shape index (κ2) is 13.5. The van der Waals surface area contributed by atoms with Crippen molar-refractivity contribution in [1.82, 2.24) is 0 Å². The Morgan fingerprint density at radius 3 is 1.23 bits per heavy atom. The van der Waals surface area contributed by atoms with Gasteiger partial charge in [-0.1, -0.05) is 82.1 Å². The number of nitrogens with zero attached hydrogens (tertiary/aromatic N) is 4. The highest BCUT2D eigenvalue weighted by Gasteiger charge is 2.51. The molecule has 56 heavy (non-hydrogen) atoms. The molecule has 0 N–H and O–H groups in total. The van der Waals surface area contributed by atoms with Crippen LogP contribution < -0.4 is 0 Å². The third-order valence-corrected chi connectivity index (χ3v) is 15.7. The van der Waals surface area contributed by atoms with Crippen LogP contribution in [0.5, 0.6) is 0 Å². The van der Waals surface area contributed by atoms with Gasteiger partial charge in [-0.05, 0) is 179 Å². The predicted octanol–water partition coefficient (Wildman–Crippen LogP) is 13.7. The summed E-state index contributed by atoms with van der Waals surface area (Å²) in [7, 11) is 0. The van der Waals surface area contributed by atoms with Gasteiger partial charge < -0.3 is 0 Å². The van der Waals surface area contributed by atoms with Gasteiger partial charge in [-0.2, -0.15) is 0 Å². The van der Waals surface area contributed by atoms with E-state index in [-0.39, 0.29) is 27.6 Å². The number of nitriles is 2. The number of fused-ring (bicyclic) bond motifs is 9. The molecular formula is C52H50N4. The van der Waals surface area contributed by atoms with Gasteiger partial charge in [-0.15, -0.1) is 0 Å². The lowest BCUT2D eigenvalue weighted by Crippen LogP contribution is -2.31. The van der Waals surface area contributed by atoms with Gasteiger partial charge in [-0.25, -0.2) is 20.2 Å². The van der Waals surface area contributed by atoms with Crippen LogP contribution in [0.2, 0.25) is 0 Å². The number of benzene rings is 2. The van der Waals surface area contributed by atoms with E-state index in [9.17, 15) is 10.5 Å². The fourth-order valence-corrected chi connectivity index (χ4v) is 13.2. The van der Waals surface area contributed by atoms with Crippen LogP contribution in [0.4, 0.5) is 0 Å². The Hall–Kier alpha value is -5.16. The highest BCUT2D eigenvalue weighted by atomic mass is 14.7. The van der Waals surface area contributed by atoms with Crippen molar-refractivity contribution in [3.05, 3.63) is 137 Å². The smallest absolute Gasteiger partial charge is 0.226 e. The Morgan fingerprint density at radius 2 is 0.857 bits per heavy atom. The van der Waals surface area contributed by atoms with E-state index < -0.39 is 0 Å². The lowest BCUT2D eigenvalue weighted by molar-refractivity contribution is 0.344. The molecule has 0 bridgehead atoms. The maximum absolute atomic E-state index is 9.79. The normalized spacial score (nSPS) is 25.2. The van der Waals surface area contributed by atoms with Gasteiger partial charge in [0.05, 0.1) is 25.3 Å². The zero-order chi connectivity index (χ0) is 38.1. The van der Waals surface area contributed by atoms with Crippen molar-refractivity contribution in [3.63, 3.8) is 0 Å². The first kappa shape index (κ1) is 35.3. The minimum atomic E-state index is -0.00731. The standard InChI is InChI=1S/C52H50N4/c1-55-48(32-53)36-16-12-14-34(24-36)42-26-38-28-46-40(30-44(38)50(42)18-6-3-7-19-50)41-31-45-39(29-47(41)52(46)22-10-5-11-23-52)27-43(51(45)20-8-4-9-21-51)35-15-13-17-37(25-35)49(33-54)56-2/h24-31H,3-23H2/b48-36-,49-37+. The maximum atomic E-state index is 9.79. The molecule has 8 aliphatic rings. The summed E-state index contributed by atoms with van der Waals surface area (Å²) in [6, 6.07) is 15.0. The summed E-state index contributed by atoms with van der Waals surface area (Å²) in [5, 5.41) is 19.6. The molecule has 278 valence electrons. The first-order valence-corrected chi connectivity index (χ1v) is 21.7. The van der Waals surface area contributed by atoms with E-state index in [1.165, 1.54) is 152 Å². The summed E-state index contributed by atoms with van der Waals surface area (Å²) < 4.78 is 0. The summed E-state index contributed by atoms with van der Waals surface area (Å²) in [6.07, 6.45) is 33.6. The molecule has 0 amide bonds. The van der Waals surface area contributed by atoms with E-state index in [1.807, 2.05) is 0 Å². The highest BCUT2D eigenvalue weighted by molar-refractivity contribution is 5.90. The van der Waals surface area contributed by atoms with Crippen LogP contribution in [0, 0.1) is 35.8 Å². The lowest BCUT2D eigenvalue weighted by Gasteiger charge is -2.40. The second-order valence-corrected chi connectivity index (χ2v) is 18.3. The first-order chi connectivity index (χ1) is 27.5. The maximum Gasteiger partial charge on any atom is 0.265 e. The molecule has 0 radical (unpaired) electrons. The van der Waals surface area contributed by atoms with Gasteiger partial charge in [0, 0.05) is 16.2 Å². The van der Waals surface area contributed by atoms with Gasteiger partial charge in [-0.3, -0.25) is 0 Å². The molecule has 3 spiro atoms. The van der Waals surface area contributed by atoms with Crippen LogP contribution in [-0.2, 0) is 16.2 Å². The fourth-order valence-electron chi connectivity index (χ4n) is 13.2. The van der Waals surface area contributed by atoms with Crippen LogP contribution in [0.3, 0.4) is 0 Å². The molecule has 0 aliphatic heterocycles. The van der Waals surface area contributed by atoms with Gasteiger partial charge in [0.2, 0.25) is 0 Å². The summed E-state index contributed by atoms with van der Waals surface area (Å²) in [5.74, 6) is 0. The van der Waals surface area contributed by atoms with Crippen molar-refractivity contribution in [1.29, 1.82) is 10.5 Å². The van der Waals surface area contributed by atoms with Crippen molar-refractivity contribution < 1.29 is 0 Å². The van der Waals surface area contributed by atoms with Crippen LogP contribution in [0.1, 0.15) is 168 Å². The van der Waals surface area contributed by atoms with E-state index in [0.29, 0.717) is 0 Å². The molecule has 0 unspecified atom stereocenters. The van der Waals surface area contributed by atoms with Crippen molar-refractivity contribution in [2.45, 2.75) is 151 Å². The average molecular weight is 731 g/mol. The van der Waals surface area contributed by atoms with E-state index in [2.05, 4.69) is 70.4 Å². The van der Waals surface area contributed by atoms with Crippen molar-refractivity contribution in [2.24, 2.45) is 0 Å². The third kappa shape index (κ3) is 5.05. The Labute approximate surface area is 333 Å². The zero-order valence-electron chi connectivity index (χ0n) is 32.8. The molecule has 3 saturated carbocycles. The Kier molecular flexibility index (Phi) is 8.50. The van der Waals surface area contributed by atoms with Crippen LogP contribution in [0.25, 0.3) is 33.0 Å². The molecule has 4 heteroatoms. The molecule has 2 aromatic rings. The van der Waals surface area contributed by atoms with E-state index in [4.69, 9.17) is 13.1 Å². The summed E-state index contributed by atoms with van der Waals surface area (Å²) in [5.41, 5.74) is 20.1. The minimum absolute atomic E-state index is 0.00731. The number of hydrogen-bond acceptors (Lipinski definition) is 2. The molecule has 0 heterocycles. The molecule has 10 rings (SSSR count). The molecule has 0 aromatic heterocycles. The second-order valence-electron chi connectivity index (χ2n) is 18.3. The Bertz CT molecular complexity index is 2250. The molecule has 0 saturated heterocycles. The fraction of sp³-hybridized carbons (Fsp3) is 0.462. The quantitative estimate of drug-likeness (QED) is 0.228. The van der Waals surface area contributed by atoms with Crippen LogP contribution in [-0.4, -0.2) is 0 Å². The molecular weight excluding hydrogens is 681 g/mol. The Morgan fingerprint density at radius 1 is 0.464 bits per heavy atom. The SMILES string of the molecule is [C-]#[N+]/C(C#N)=C1\C=C(C2=Cc3cc4c(cc3C23CCCCC3)-c2cc3c(cc2C42CCCCC2)C=C(C2=C/C(=C(\C#N)[N+]#[C-])CCC2)C32CCCCC2)CCC1. The van der Waals surface area contributed by atoms with E-state index >= 15 is 0 Å². The van der Waals surface area contributed by atoms with E-state index in [1.54, 1.807) is 11.1 Å². The predicted molar refractivity (Wildman–Crippen MR) is 224 cm³/mol. The average Bonchev–Trinajstić information content (AvgIpc) is 3.81. The van der Waals surface area contributed by atoms with Crippen molar-refractivity contribution in [2.75, 3.05) is 0 Å². The number of hydrogen-bond donors (Lipinski definition) is 0. The zero-order valence-corrected chi connectivity index (χ0v) is 32.8. The highest BCUT2D eigenvalue weighted by Crippen LogP contribution is 2.63. The molecule has 2 aromatic carbocycles. The largest absolute Gasteiger partial charge is 0.265 e. The van der Waals surface area contributed by atoms with Crippen molar-refractivity contribution >= 4 is 12.2 Å². The monoisotopic (exact) mass is 730 g/mol.